The highest BCUT2D eigenvalue weighted by Crippen LogP contribution is 2.34. The Hall–Kier alpha value is -0.990. The fourth-order valence-electron chi connectivity index (χ4n) is 1.87. The van der Waals surface area contributed by atoms with Gasteiger partial charge in [0.1, 0.15) is 5.75 Å². The second kappa shape index (κ2) is 6.26. The Morgan fingerprint density at radius 3 is 2.56 bits per heavy atom. The smallest absolute Gasteiger partial charge is 0.124 e. The summed E-state index contributed by atoms with van der Waals surface area (Å²) < 4.78 is 6.36. The minimum absolute atomic E-state index is 0.0875. The van der Waals surface area contributed by atoms with Gasteiger partial charge in [-0.05, 0) is 24.1 Å². The lowest BCUT2D eigenvalue weighted by atomic mass is 10.0. The van der Waals surface area contributed by atoms with E-state index < -0.39 is 0 Å². The largest absolute Gasteiger partial charge is 0.496 e. The monoisotopic (exact) mass is 324 g/mol. The molecule has 94 valence electrons. The van der Waals surface area contributed by atoms with E-state index in [-0.39, 0.29) is 5.38 Å². The Morgan fingerprint density at radius 1 is 1.17 bits per heavy atom. The second-order valence-corrected chi connectivity index (χ2v) is 5.49. The average Bonchev–Trinajstić information content (AvgIpc) is 2.39. The van der Waals surface area contributed by atoms with Gasteiger partial charge in [0, 0.05) is 10.0 Å². The number of benzene rings is 2. The second-order valence-electron chi connectivity index (χ2n) is 4.04. The molecule has 0 aliphatic heterocycles. The van der Waals surface area contributed by atoms with Crippen LogP contribution in [0.5, 0.6) is 5.75 Å². The van der Waals surface area contributed by atoms with Gasteiger partial charge in [0.15, 0.2) is 0 Å². The van der Waals surface area contributed by atoms with E-state index in [2.05, 4.69) is 28.1 Å². The predicted octanol–water partition coefficient (Wildman–Crippen LogP) is 4.98. The van der Waals surface area contributed by atoms with E-state index in [1.54, 1.807) is 7.11 Å². The third kappa shape index (κ3) is 3.27. The summed E-state index contributed by atoms with van der Waals surface area (Å²) in [4.78, 5) is 0. The molecule has 0 N–H and O–H groups in total. The van der Waals surface area contributed by atoms with E-state index in [4.69, 9.17) is 16.3 Å². The van der Waals surface area contributed by atoms with E-state index in [1.807, 2.05) is 36.4 Å². The van der Waals surface area contributed by atoms with E-state index in [0.717, 1.165) is 22.2 Å². The third-order valence-corrected chi connectivity index (χ3v) is 3.67. The van der Waals surface area contributed by atoms with Gasteiger partial charge in [0.05, 0.1) is 12.5 Å². The lowest BCUT2D eigenvalue weighted by Gasteiger charge is -2.14. The number of ether oxygens (including phenoxy) is 1. The zero-order valence-corrected chi connectivity index (χ0v) is 12.4. The Balaban J connectivity index is 2.21. The molecule has 0 saturated heterocycles. The van der Waals surface area contributed by atoms with E-state index >= 15 is 0 Å². The Labute approximate surface area is 121 Å². The normalized spacial score (nSPS) is 12.2. The van der Waals surface area contributed by atoms with E-state index in [0.29, 0.717) is 0 Å². The number of hydrogen-bond acceptors (Lipinski definition) is 1. The topological polar surface area (TPSA) is 9.23 Å². The van der Waals surface area contributed by atoms with Crippen molar-refractivity contribution in [2.75, 3.05) is 7.11 Å². The van der Waals surface area contributed by atoms with Gasteiger partial charge in [-0.25, -0.2) is 0 Å². The van der Waals surface area contributed by atoms with Gasteiger partial charge in [-0.1, -0.05) is 52.3 Å². The highest BCUT2D eigenvalue weighted by Gasteiger charge is 2.14. The van der Waals surface area contributed by atoms with Crippen LogP contribution in [0, 0.1) is 0 Å². The van der Waals surface area contributed by atoms with E-state index in [9.17, 15) is 0 Å². The van der Waals surface area contributed by atoms with Crippen LogP contribution in [-0.4, -0.2) is 7.11 Å². The number of methoxy groups -OCH3 is 1. The summed E-state index contributed by atoms with van der Waals surface area (Å²) in [5.74, 6) is 0.820. The summed E-state index contributed by atoms with van der Waals surface area (Å²) in [6.07, 6.45) is 0.792. The highest BCUT2D eigenvalue weighted by atomic mass is 79.9. The van der Waals surface area contributed by atoms with Crippen molar-refractivity contribution in [3.05, 3.63) is 64.1 Å². The Bertz CT molecular complexity index is 513. The van der Waals surface area contributed by atoms with Crippen LogP contribution in [0.4, 0.5) is 0 Å². The predicted molar refractivity (Wildman–Crippen MR) is 79.4 cm³/mol. The van der Waals surface area contributed by atoms with Gasteiger partial charge < -0.3 is 4.74 Å². The molecule has 0 fully saturated rings. The molecule has 0 aliphatic rings. The molecule has 18 heavy (non-hydrogen) atoms. The molecule has 0 amide bonds. The minimum atomic E-state index is -0.0875. The maximum Gasteiger partial charge on any atom is 0.124 e. The van der Waals surface area contributed by atoms with Crippen LogP contribution in [0.1, 0.15) is 16.5 Å². The van der Waals surface area contributed by atoms with E-state index in [1.165, 1.54) is 5.56 Å². The zero-order chi connectivity index (χ0) is 13.0. The van der Waals surface area contributed by atoms with Crippen LogP contribution in [0.25, 0.3) is 0 Å². The molecular weight excluding hydrogens is 312 g/mol. The van der Waals surface area contributed by atoms with Crippen LogP contribution in [0.2, 0.25) is 0 Å². The molecule has 2 rings (SSSR count). The molecule has 1 unspecified atom stereocenters. The highest BCUT2D eigenvalue weighted by molar-refractivity contribution is 9.10. The minimum Gasteiger partial charge on any atom is -0.496 e. The number of rotatable bonds is 4. The SMILES string of the molecule is COc1cc(Br)ccc1C(Cl)Cc1ccccc1. The van der Waals surface area contributed by atoms with Crippen LogP contribution >= 0.6 is 27.5 Å². The summed E-state index contributed by atoms with van der Waals surface area (Å²) in [7, 11) is 1.66. The van der Waals surface area contributed by atoms with Gasteiger partial charge in [-0.3, -0.25) is 0 Å². The zero-order valence-electron chi connectivity index (χ0n) is 10.1. The molecule has 2 aromatic rings. The van der Waals surface area contributed by atoms with Crippen molar-refractivity contribution in [1.82, 2.24) is 0 Å². The average molecular weight is 326 g/mol. The molecule has 3 heteroatoms. The lowest BCUT2D eigenvalue weighted by molar-refractivity contribution is 0.408. The Kier molecular flexibility index (Phi) is 4.67. The maximum absolute atomic E-state index is 6.48. The first-order chi connectivity index (χ1) is 8.70. The van der Waals surface area contributed by atoms with Gasteiger partial charge in [0.25, 0.3) is 0 Å². The van der Waals surface area contributed by atoms with Crippen LogP contribution in [0.3, 0.4) is 0 Å². The molecule has 0 aliphatic carbocycles. The van der Waals surface area contributed by atoms with Crippen molar-refractivity contribution in [2.24, 2.45) is 0 Å². The Morgan fingerprint density at radius 2 is 1.89 bits per heavy atom. The summed E-state index contributed by atoms with van der Waals surface area (Å²) in [5.41, 5.74) is 2.24. The van der Waals surface area contributed by atoms with Crippen LogP contribution < -0.4 is 4.74 Å². The molecule has 0 aromatic heterocycles. The van der Waals surface area contributed by atoms with Crippen molar-refractivity contribution in [3.63, 3.8) is 0 Å². The molecule has 0 spiro atoms. The van der Waals surface area contributed by atoms with Crippen molar-refractivity contribution >= 4 is 27.5 Å². The van der Waals surface area contributed by atoms with Gasteiger partial charge >= 0.3 is 0 Å². The first-order valence-corrected chi connectivity index (χ1v) is 6.95. The first-order valence-electron chi connectivity index (χ1n) is 5.72. The van der Waals surface area contributed by atoms with Crippen LogP contribution in [-0.2, 0) is 6.42 Å². The van der Waals surface area contributed by atoms with Crippen molar-refractivity contribution < 1.29 is 4.74 Å². The quantitative estimate of drug-likeness (QED) is 0.720. The standard InChI is InChI=1S/C15H14BrClO/c1-18-15-10-12(16)7-8-13(15)14(17)9-11-5-3-2-4-6-11/h2-8,10,14H,9H2,1H3. The summed E-state index contributed by atoms with van der Waals surface area (Å²) in [6.45, 7) is 0. The molecule has 0 radical (unpaired) electrons. The molecule has 0 saturated carbocycles. The van der Waals surface area contributed by atoms with Crippen molar-refractivity contribution in [1.29, 1.82) is 0 Å². The fraction of sp³-hybridized carbons (Fsp3) is 0.200. The van der Waals surface area contributed by atoms with Gasteiger partial charge in [-0.15, -0.1) is 11.6 Å². The number of hydrogen-bond donors (Lipinski definition) is 0. The summed E-state index contributed by atoms with van der Waals surface area (Å²) in [5, 5.41) is -0.0875. The lowest BCUT2D eigenvalue weighted by Crippen LogP contribution is -1.99. The number of alkyl halides is 1. The fourth-order valence-corrected chi connectivity index (χ4v) is 2.57. The van der Waals surface area contributed by atoms with Crippen LogP contribution in [0.15, 0.2) is 53.0 Å². The molecule has 0 heterocycles. The van der Waals surface area contributed by atoms with Gasteiger partial charge in [0.2, 0.25) is 0 Å². The third-order valence-electron chi connectivity index (χ3n) is 2.79. The molecule has 1 nitrogen and oxygen atoms in total. The van der Waals surface area contributed by atoms with Crippen molar-refractivity contribution in [2.45, 2.75) is 11.8 Å². The summed E-state index contributed by atoms with van der Waals surface area (Å²) in [6, 6.07) is 16.2. The van der Waals surface area contributed by atoms with Crippen molar-refractivity contribution in [3.8, 4) is 5.75 Å². The molecule has 2 aromatic carbocycles. The number of halogens is 2. The first kappa shape index (κ1) is 13.4. The molecular formula is C15H14BrClO. The molecule has 1 atom stereocenters. The summed E-state index contributed by atoms with van der Waals surface area (Å²) >= 11 is 9.91. The molecule has 0 bridgehead atoms. The maximum atomic E-state index is 6.48. The van der Waals surface area contributed by atoms with Gasteiger partial charge in [-0.2, -0.15) is 0 Å².